The number of para-hydroxylation sites is 1. The fourth-order valence-electron chi connectivity index (χ4n) is 2.32. The van der Waals surface area contributed by atoms with Crippen molar-refractivity contribution in [3.63, 3.8) is 0 Å². The van der Waals surface area contributed by atoms with Gasteiger partial charge in [-0.05, 0) is 43.0 Å². The van der Waals surface area contributed by atoms with Gasteiger partial charge in [-0.1, -0.05) is 49.7 Å². The van der Waals surface area contributed by atoms with Crippen molar-refractivity contribution in [2.24, 2.45) is 0 Å². The largest absolute Gasteiger partial charge is 0.301 e. The predicted octanol–water partition coefficient (Wildman–Crippen LogP) is 4.56. The molecule has 0 bridgehead atoms. The second-order valence-electron chi connectivity index (χ2n) is 4.78. The minimum absolute atomic E-state index is 1.04. The predicted molar refractivity (Wildman–Crippen MR) is 83.6 cm³/mol. The highest BCUT2D eigenvalue weighted by molar-refractivity contribution is 5.62. The third-order valence-corrected chi connectivity index (χ3v) is 3.31. The molecule has 0 aliphatic heterocycles. The number of benzene rings is 2. The molecule has 0 aliphatic carbocycles. The van der Waals surface area contributed by atoms with Crippen molar-refractivity contribution in [2.45, 2.75) is 33.6 Å². The fourth-order valence-corrected chi connectivity index (χ4v) is 2.32. The van der Waals surface area contributed by atoms with E-state index in [0.29, 0.717) is 0 Å². The lowest BCUT2D eigenvalue weighted by molar-refractivity contribution is 1.07. The molecule has 2 heteroatoms. The van der Waals surface area contributed by atoms with Crippen LogP contribution in [0.15, 0.2) is 42.5 Å². The maximum Gasteiger partial charge on any atom is 0.0603 e. The summed E-state index contributed by atoms with van der Waals surface area (Å²) in [6.07, 6.45) is 2.07. The Hall–Kier alpha value is -1.96. The van der Waals surface area contributed by atoms with Gasteiger partial charge in [0.25, 0.3) is 0 Å². The number of hydrogen-bond donors (Lipinski definition) is 2. The molecule has 2 N–H and O–H groups in total. The molecule has 100 valence electrons. The van der Waals surface area contributed by atoms with Crippen LogP contribution < -0.4 is 10.9 Å². The summed E-state index contributed by atoms with van der Waals surface area (Å²) in [5.41, 5.74) is 13.0. The number of hydrogen-bond acceptors (Lipinski definition) is 2. The van der Waals surface area contributed by atoms with E-state index >= 15 is 0 Å². The standard InChI is InChI=1S/C17H22N2/c1-4-14-11-13(3)12-15(5-2)17(14)19-18-16-9-7-6-8-10-16/h6-12,18-19H,4-5H2,1-3H3. The van der Waals surface area contributed by atoms with Crippen LogP contribution in [0.25, 0.3) is 0 Å². The number of hydrazine groups is 1. The quantitative estimate of drug-likeness (QED) is 0.764. The van der Waals surface area contributed by atoms with Crippen molar-refractivity contribution in [1.29, 1.82) is 0 Å². The maximum absolute atomic E-state index is 3.38. The normalized spacial score (nSPS) is 10.3. The molecular formula is C17H22N2. The van der Waals surface area contributed by atoms with E-state index in [9.17, 15) is 0 Å². The number of nitrogens with one attached hydrogen (secondary N) is 2. The summed E-state index contributed by atoms with van der Waals surface area (Å²) in [4.78, 5) is 0. The average Bonchev–Trinajstić information content (AvgIpc) is 2.46. The van der Waals surface area contributed by atoms with Crippen molar-refractivity contribution in [2.75, 3.05) is 10.9 Å². The van der Waals surface area contributed by atoms with E-state index in [-0.39, 0.29) is 0 Å². The number of anilines is 2. The van der Waals surface area contributed by atoms with Gasteiger partial charge in [-0.25, -0.2) is 0 Å². The van der Waals surface area contributed by atoms with E-state index in [1.165, 1.54) is 22.4 Å². The van der Waals surface area contributed by atoms with E-state index in [1.807, 2.05) is 18.2 Å². The number of aryl methyl sites for hydroxylation is 3. The Bertz CT molecular complexity index is 507. The Morgan fingerprint density at radius 3 is 1.95 bits per heavy atom. The molecule has 0 saturated heterocycles. The highest BCUT2D eigenvalue weighted by Crippen LogP contribution is 2.24. The van der Waals surface area contributed by atoms with Crippen LogP contribution in [0.5, 0.6) is 0 Å². The minimum atomic E-state index is 1.04. The summed E-state index contributed by atoms with van der Waals surface area (Å²) in [6.45, 7) is 6.55. The van der Waals surface area contributed by atoms with Crippen LogP contribution >= 0.6 is 0 Å². The first kappa shape index (κ1) is 13.5. The van der Waals surface area contributed by atoms with Gasteiger partial charge in [0.2, 0.25) is 0 Å². The second-order valence-corrected chi connectivity index (χ2v) is 4.78. The zero-order chi connectivity index (χ0) is 13.7. The summed E-state index contributed by atoms with van der Waals surface area (Å²) >= 11 is 0. The summed E-state index contributed by atoms with van der Waals surface area (Å²) < 4.78 is 0. The van der Waals surface area contributed by atoms with Gasteiger partial charge in [0.05, 0.1) is 11.4 Å². The highest BCUT2D eigenvalue weighted by atomic mass is 15.4. The van der Waals surface area contributed by atoms with E-state index in [4.69, 9.17) is 0 Å². The van der Waals surface area contributed by atoms with Crippen LogP contribution in [0, 0.1) is 6.92 Å². The van der Waals surface area contributed by atoms with E-state index in [2.05, 4.69) is 55.9 Å². The van der Waals surface area contributed by atoms with Crippen LogP contribution in [0.1, 0.15) is 30.5 Å². The average molecular weight is 254 g/mol. The summed E-state index contributed by atoms with van der Waals surface area (Å²) in [5, 5.41) is 0. The molecule has 2 aromatic rings. The van der Waals surface area contributed by atoms with Gasteiger partial charge < -0.3 is 10.9 Å². The Balaban J connectivity index is 2.23. The molecule has 2 aromatic carbocycles. The molecule has 0 heterocycles. The Labute approximate surface area is 115 Å². The van der Waals surface area contributed by atoms with Crippen LogP contribution in [0.2, 0.25) is 0 Å². The molecule has 0 atom stereocenters. The molecule has 0 radical (unpaired) electrons. The van der Waals surface area contributed by atoms with E-state index in [0.717, 1.165) is 18.5 Å². The summed E-state index contributed by atoms with van der Waals surface area (Å²) in [7, 11) is 0. The molecule has 0 aromatic heterocycles. The molecule has 2 rings (SSSR count). The lowest BCUT2D eigenvalue weighted by Gasteiger charge is -2.18. The minimum Gasteiger partial charge on any atom is -0.301 e. The van der Waals surface area contributed by atoms with Crippen molar-refractivity contribution < 1.29 is 0 Å². The summed E-state index contributed by atoms with van der Waals surface area (Å²) in [6, 6.07) is 14.7. The Morgan fingerprint density at radius 2 is 1.42 bits per heavy atom. The van der Waals surface area contributed by atoms with Gasteiger partial charge in [0.1, 0.15) is 0 Å². The number of rotatable bonds is 5. The fraction of sp³-hybridized carbons (Fsp3) is 0.294. The van der Waals surface area contributed by atoms with Crippen molar-refractivity contribution >= 4 is 11.4 Å². The van der Waals surface area contributed by atoms with Crippen LogP contribution in [-0.4, -0.2) is 0 Å². The molecule has 0 unspecified atom stereocenters. The van der Waals surface area contributed by atoms with Gasteiger partial charge in [-0.3, -0.25) is 0 Å². The maximum atomic E-state index is 3.38. The van der Waals surface area contributed by atoms with Gasteiger partial charge >= 0.3 is 0 Å². The molecule has 0 spiro atoms. The molecule has 0 aliphatic rings. The molecular weight excluding hydrogens is 232 g/mol. The van der Waals surface area contributed by atoms with Crippen molar-refractivity contribution in [1.82, 2.24) is 0 Å². The SMILES string of the molecule is CCc1cc(C)cc(CC)c1NNc1ccccc1. The first-order chi connectivity index (χ1) is 9.24. The first-order valence-electron chi connectivity index (χ1n) is 6.94. The van der Waals surface area contributed by atoms with Crippen LogP contribution in [0.4, 0.5) is 11.4 Å². The zero-order valence-electron chi connectivity index (χ0n) is 12.0. The van der Waals surface area contributed by atoms with E-state index < -0.39 is 0 Å². The van der Waals surface area contributed by atoms with Crippen molar-refractivity contribution in [3.8, 4) is 0 Å². The zero-order valence-corrected chi connectivity index (χ0v) is 12.0. The Morgan fingerprint density at radius 1 is 0.842 bits per heavy atom. The van der Waals surface area contributed by atoms with Gasteiger partial charge in [0.15, 0.2) is 0 Å². The second kappa shape index (κ2) is 6.28. The van der Waals surface area contributed by atoms with Gasteiger partial charge in [-0.15, -0.1) is 0 Å². The smallest absolute Gasteiger partial charge is 0.0603 e. The molecule has 2 nitrogen and oxygen atoms in total. The molecule has 0 saturated carbocycles. The third kappa shape index (κ3) is 3.28. The van der Waals surface area contributed by atoms with Crippen LogP contribution in [-0.2, 0) is 12.8 Å². The van der Waals surface area contributed by atoms with E-state index in [1.54, 1.807) is 0 Å². The Kier molecular flexibility index (Phi) is 4.45. The lowest BCUT2D eigenvalue weighted by atomic mass is 10.00. The molecule has 19 heavy (non-hydrogen) atoms. The molecule has 0 amide bonds. The third-order valence-electron chi connectivity index (χ3n) is 3.31. The van der Waals surface area contributed by atoms with Crippen LogP contribution in [0.3, 0.4) is 0 Å². The molecule has 0 fully saturated rings. The first-order valence-corrected chi connectivity index (χ1v) is 6.94. The van der Waals surface area contributed by atoms with Crippen molar-refractivity contribution in [3.05, 3.63) is 59.2 Å². The van der Waals surface area contributed by atoms with Gasteiger partial charge in [-0.2, -0.15) is 0 Å². The monoisotopic (exact) mass is 254 g/mol. The highest BCUT2D eigenvalue weighted by Gasteiger charge is 2.07. The lowest BCUT2D eigenvalue weighted by Crippen LogP contribution is -2.12. The topological polar surface area (TPSA) is 24.1 Å². The van der Waals surface area contributed by atoms with Gasteiger partial charge in [0, 0.05) is 0 Å². The summed E-state index contributed by atoms with van der Waals surface area (Å²) in [5.74, 6) is 0.